The molecule has 2 N–H and O–H groups in total. The number of nitrogens with two attached hydrogens (primary N) is 1. The van der Waals surface area contributed by atoms with E-state index in [1.54, 1.807) is 7.11 Å². The molecule has 1 amide bonds. The van der Waals surface area contributed by atoms with Crippen LogP contribution in [0.3, 0.4) is 0 Å². The fourth-order valence-electron chi connectivity index (χ4n) is 2.64. The molecule has 0 aliphatic carbocycles. The van der Waals surface area contributed by atoms with E-state index in [2.05, 4.69) is 6.07 Å². The van der Waals surface area contributed by atoms with Gasteiger partial charge in [0.25, 0.3) is 0 Å². The number of ether oxygens (including phenoxy) is 1. The van der Waals surface area contributed by atoms with Gasteiger partial charge < -0.3 is 15.4 Å². The fraction of sp³-hybridized carbons (Fsp3) is 0.533. The van der Waals surface area contributed by atoms with Crippen LogP contribution in [0.25, 0.3) is 0 Å². The molecule has 0 saturated carbocycles. The van der Waals surface area contributed by atoms with Crippen molar-refractivity contribution in [1.29, 1.82) is 0 Å². The highest BCUT2D eigenvalue weighted by Crippen LogP contribution is 2.36. The standard InChI is InChI=1S/C15H22N2O2/c1-11(8-9-16)15(18)17-10-4-6-12-5-3-7-13(19-2)14(12)17/h3,5,7,11H,4,6,8-10,16H2,1-2H3. The summed E-state index contributed by atoms with van der Waals surface area (Å²) in [4.78, 5) is 14.4. The summed E-state index contributed by atoms with van der Waals surface area (Å²) < 4.78 is 5.41. The van der Waals surface area contributed by atoms with Gasteiger partial charge in [-0.15, -0.1) is 0 Å². The summed E-state index contributed by atoms with van der Waals surface area (Å²) in [5, 5.41) is 0. The Kier molecular flexibility index (Phi) is 4.43. The first-order valence-electron chi connectivity index (χ1n) is 6.86. The molecule has 4 nitrogen and oxygen atoms in total. The third-order valence-electron chi connectivity index (χ3n) is 3.69. The first-order chi connectivity index (χ1) is 9.19. The quantitative estimate of drug-likeness (QED) is 0.902. The number of methoxy groups -OCH3 is 1. The van der Waals surface area contributed by atoms with Crippen molar-refractivity contribution in [2.75, 3.05) is 25.1 Å². The fourth-order valence-corrected chi connectivity index (χ4v) is 2.64. The minimum Gasteiger partial charge on any atom is -0.495 e. The van der Waals surface area contributed by atoms with Gasteiger partial charge >= 0.3 is 0 Å². The number of rotatable bonds is 4. The van der Waals surface area contributed by atoms with Crippen LogP contribution in [-0.4, -0.2) is 26.1 Å². The molecule has 1 aromatic rings. The van der Waals surface area contributed by atoms with Crippen molar-refractivity contribution in [3.63, 3.8) is 0 Å². The van der Waals surface area contributed by atoms with Crippen molar-refractivity contribution in [2.45, 2.75) is 26.2 Å². The van der Waals surface area contributed by atoms with E-state index in [0.717, 1.165) is 37.2 Å². The molecule has 1 aliphatic heterocycles. The van der Waals surface area contributed by atoms with Crippen LogP contribution in [0.2, 0.25) is 0 Å². The van der Waals surface area contributed by atoms with Crippen LogP contribution in [0.4, 0.5) is 5.69 Å². The number of carbonyl (C=O) groups excluding carboxylic acids is 1. The van der Waals surface area contributed by atoms with E-state index >= 15 is 0 Å². The highest BCUT2D eigenvalue weighted by Gasteiger charge is 2.28. The summed E-state index contributed by atoms with van der Waals surface area (Å²) in [5.74, 6) is 0.891. The molecular weight excluding hydrogens is 240 g/mol. The molecule has 1 unspecified atom stereocenters. The number of hydrogen-bond acceptors (Lipinski definition) is 3. The van der Waals surface area contributed by atoms with Crippen molar-refractivity contribution in [2.24, 2.45) is 11.7 Å². The Morgan fingerprint density at radius 1 is 1.53 bits per heavy atom. The van der Waals surface area contributed by atoms with E-state index in [0.29, 0.717) is 6.54 Å². The largest absolute Gasteiger partial charge is 0.495 e. The normalized spacial score (nSPS) is 15.8. The van der Waals surface area contributed by atoms with Crippen LogP contribution in [0.1, 0.15) is 25.3 Å². The van der Waals surface area contributed by atoms with Gasteiger partial charge in [-0.2, -0.15) is 0 Å². The third-order valence-corrected chi connectivity index (χ3v) is 3.69. The van der Waals surface area contributed by atoms with E-state index in [1.165, 1.54) is 5.56 Å². The van der Waals surface area contributed by atoms with E-state index in [9.17, 15) is 4.79 Å². The lowest BCUT2D eigenvalue weighted by atomic mass is 9.98. The maximum atomic E-state index is 12.5. The molecule has 0 spiro atoms. The van der Waals surface area contributed by atoms with Gasteiger partial charge in [0, 0.05) is 12.5 Å². The van der Waals surface area contributed by atoms with Gasteiger partial charge in [0.1, 0.15) is 5.75 Å². The molecule has 1 aliphatic rings. The second kappa shape index (κ2) is 6.06. The maximum Gasteiger partial charge on any atom is 0.229 e. The van der Waals surface area contributed by atoms with Crippen molar-refractivity contribution in [3.05, 3.63) is 23.8 Å². The summed E-state index contributed by atoms with van der Waals surface area (Å²) in [6.07, 6.45) is 2.72. The molecule has 1 heterocycles. The molecule has 4 heteroatoms. The lowest BCUT2D eigenvalue weighted by Crippen LogP contribution is -2.39. The number of aryl methyl sites for hydroxylation is 1. The summed E-state index contributed by atoms with van der Waals surface area (Å²) >= 11 is 0. The molecule has 0 bridgehead atoms. The Bertz CT molecular complexity index is 445. The van der Waals surface area contributed by atoms with Gasteiger partial charge in [-0.05, 0) is 37.4 Å². The number of benzene rings is 1. The molecule has 104 valence electrons. The van der Waals surface area contributed by atoms with Gasteiger partial charge in [0.15, 0.2) is 0 Å². The SMILES string of the molecule is COc1cccc2c1N(C(=O)C(C)CCN)CCC2. The predicted molar refractivity (Wildman–Crippen MR) is 76.5 cm³/mol. The predicted octanol–water partition coefficient (Wildman–Crippen LogP) is 1.96. The number of carbonyl (C=O) groups is 1. The van der Waals surface area contributed by atoms with Crippen LogP contribution in [0.5, 0.6) is 5.75 Å². The Balaban J connectivity index is 2.33. The lowest BCUT2D eigenvalue weighted by molar-refractivity contribution is -0.122. The molecule has 1 aromatic carbocycles. The number of fused-ring (bicyclic) bond motifs is 1. The summed E-state index contributed by atoms with van der Waals surface area (Å²) in [7, 11) is 1.65. The van der Waals surface area contributed by atoms with E-state index in [4.69, 9.17) is 10.5 Å². The highest BCUT2D eigenvalue weighted by molar-refractivity contribution is 5.97. The van der Waals surface area contributed by atoms with Crippen molar-refractivity contribution in [3.8, 4) is 5.75 Å². The minimum atomic E-state index is -0.0409. The van der Waals surface area contributed by atoms with Crippen LogP contribution in [-0.2, 0) is 11.2 Å². The zero-order chi connectivity index (χ0) is 13.8. The van der Waals surface area contributed by atoms with Crippen LogP contribution in [0.15, 0.2) is 18.2 Å². The number of amides is 1. The first kappa shape index (κ1) is 13.9. The Morgan fingerprint density at radius 2 is 2.32 bits per heavy atom. The van der Waals surface area contributed by atoms with Gasteiger partial charge in [-0.3, -0.25) is 4.79 Å². The number of anilines is 1. The Labute approximate surface area is 114 Å². The van der Waals surface area contributed by atoms with E-state index < -0.39 is 0 Å². The van der Waals surface area contributed by atoms with Crippen molar-refractivity contribution >= 4 is 11.6 Å². The van der Waals surface area contributed by atoms with Crippen LogP contribution < -0.4 is 15.4 Å². The monoisotopic (exact) mass is 262 g/mol. The molecule has 0 fully saturated rings. The van der Waals surface area contributed by atoms with E-state index in [1.807, 2.05) is 24.0 Å². The average molecular weight is 262 g/mol. The van der Waals surface area contributed by atoms with Gasteiger partial charge in [0.2, 0.25) is 5.91 Å². The minimum absolute atomic E-state index is 0.0409. The third kappa shape index (κ3) is 2.73. The molecule has 0 saturated heterocycles. The van der Waals surface area contributed by atoms with Crippen molar-refractivity contribution < 1.29 is 9.53 Å². The summed E-state index contributed by atoms with van der Waals surface area (Å²) in [6, 6.07) is 5.97. The first-order valence-corrected chi connectivity index (χ1v) is 6.86. The summed E-state index contributed by atoms with van der Waals surface area (Å²) in [5.41, 5.74) is 7.69. The van der Waals surface area contributed by atoms with Gasteiger partial charge in [-0.25, -0.2) is 0 Å². The topological polar surface area (TPSA) is 55.6 Å². The van der Waals surface area contributed by atoms with Crippen molar-refractivity contribution in [1.82, 2.24) is 0 Å². The van der Waals surface area contributed by atoms with E-state index in [-0.39, 0.29) is 11.8 Å². The van der Waals surface area contributed by atoms with Crippen LogP contribution >= 0.6 is 0 Å². The Hall–Kier alpha value is -1.55. The molecule has 0 aromatic heterocycles. The summed E-state index contributed by atoms with van der Waals surface area (Å²) in [6.45, 7) is 3.25. The average Bonchev–Trinajstić information content (AvgIpc) is 2.45. The number of para-hydroxylation sites is 1. The zero-order valence-corrected chi connectivity index (χ0v) is 11.7. The Morgan fingerprint density at radius 3 is 3.00 bits per heavy atom. The zero-order valence-electron chi connectivity index (χ0n) is 11.7. The molecule has 1 atom stereocenters. The molecule has 19 heavy (non-hydrogen) atoms. The smallest absolute Gasteiger partial charge is 0.229 e. The molecule has 0 radical (unpaired) electrons. The van der Waals surface area contributed by atoms with Crippen LogP contribution in [0, 0.1) is 5.92 Å². The highest BCUT2D eigenvalue weighted by atomic mass is 16.5. The number of nitrogens with zero attached hydrogens (tertiary/aromatic N) is 1. The second-order valence-electron chi connectivity index (χ2n) is 5.04. The van der Waals surface area contributed by atoms with Gasteiger partial charge in [-0.1, -0.05) is 19.1 Å². The lowest BCUT2D eigenvalue weighted by Gasteiger charge is -2.32. The maximum absolute atomic E-state index is 12.5. The molecule has 2 rings (SSSR count). The number of hydrogen-bond donors (Lipinski definition) is 1. The second-order valence-corrected chi connectivity index (χ2v) is 5.04. The van der Waals surface area contributed by atoms with Gasteiger partial charge in [0.05, 0.1) is 12.8 Å². The molecular formula is C15H22N2O2.